The molecule has 1 fully saturated rings. The molecule has 13 heavy (non-hydrogen) atoms. The molecular weight excluding hydrogens is 156 g/mol. The maximum atomic E-state index is 2.46. The largest absolute Gasteiger partial charge is 0.0651 e. The minimum Gasteiger partial charge on any atom is -0.0651 e. The molecule has 0 radical (unpaired) electrons. The second-order valence-electron chi connectivity index (χ2n) is 4.94. The van der Waals surface area contributed by atoms with E-state index in [1.165, 1.54) is 44.9 Å². The van der Waals surface area contributed by atoms with Gasteiger partial charge in [-0.1, -0.05) is 59.3 Å². The standard InChI is InChI=1S/C13H26/c1-4-12(5-2)10-13-9-7-6-8-11(13)3/h11-13H,4-10H2,1-3H3. The average Bonchev–Trinajstić information content (AvgIpc) is 2.17. The fourth-order valence-electron chi connectivity index (χ4n) is 2.79. The molecule has 1 saturated carbocycles. The minimum atomic E-state index is 1.01. The van der Waals surface area contributed by atoms with Crippen LogP contribution >= 0.6 is 0 Å². The molecule has 0 nitrogen and oxygen atoms in total. The highest BCUT2D eigenvalue weighted by molar-refractivity contribution is 4.74. The molecule has 1 aliphatic carbocycles. The van der Waals surface area contributed by atoms with Crippen molar-refractivity contribution in [3.63, 3.8) is 0 Å². The molecule has 0 aromatic heterocycles. The van der Waals surface area contributed by atoms with Crippen LogP contribution in [-0.4, -0.2) is 0 Å². The van der Waals surface area contributed by atoms with E-state index < -0.39 is 0 Å². The topological polar surface area (TPSA) is 0 Å². The van der Waals surface area contributed by atoms with Crippen molar-refractivity contribution in [1.29, 1.82) is 0 Å². The van der Waals surface area contributed by atoms with Gasteiger partial charge in [0.25, 0.3) is 0 Å². The molecule has 0 aromatic rings. The fourth-order valence-corrected chi connectivity index (χ4v) is 2.79. The van der Waals surface area contributed by atoms with Crippen LogP contribution in [0.1, 0.15) is 65.7 Å². The lowest BCUT2D eigenvalue weighted by atomic mass is 9.75. The quantitative estimate of drug-likeness (QED) is 0.594. The van der Waals surface area contributed by atoms with Crippen LogP contribution in [0, 0.1) is 17.8 Å². The first-order valence-electron chi connectivity index (χ1n) is 6.27. The summed E-state index contributed by atoms with van der Waals surface area (Å²) < 4.78 is 0. The third kappa shape index (κ3) is 3.32. The number of hydrogen-bond acceptors (Lipinski definition) is 0. The van der Waals surface area contributed by atoms with Crippen molar-refractivity contribution in [2.45, 2.75) is 65.7 Å². The van der Waals surface area contributed by atoms with E-state index in [2.05, 4.69) is 20.8 Å². The van der Waals surface area contributed by atoms with E-state index in [1.54, 1.807) is 0 Å². The van der Waals surface area contributed by atoms with Crippen LogP contribution in [0.3, 0.4) is 0 Å². The maximum Gasteiger partial charge on any atom is -0.0386 e. The molecule has 1 aliphatic rings. The van der Waals surface area contributed by atoms with Crippen molar-refractivity contribution < 1.29 is 0 Å². The van der Waals surface area contributed by atoms with E-state index >= 15 is 0 Å². The van der Waals surface area contributed by atoms with E-state index in [0.29, 0.717) is 0 Å². The van der Waals surface area contributed by atoms with Gasteiger partial charge in [-0.15, -0.1) is 0 Å². The Bertz CT molecular complexity index is 124. The third-order valence-corrected chi connectivity index (χ3v) is 4.08. The van der Waals surface area contributed by atoms with Crippen molar-refractivity contribution in [3.05, 3.63) is 0 Å². The summed E-state index contributed by atoms with van der Waals surface area (Å²) in [5, 5.41) is 0. The van der Waals surface area contributed by atoms with Crippen LogP contribution in [-0.2, 0) is 0 Å². The summed E-state index contributed by atoms with van der Waals surface area (Å²) in [5.41, 5.74) is 0. The molecule has 0 aromatic carbocycles. The second kappa shape index (κ2) is 5.67. The van der Waals surface area contributed by atoms with Gasteiger partial charge in [-0.3, -0.25) is 0 Å². The zero-order valence-corrected chi connectivity index (χ0v) is 9.68. The highest BCUT2D eigenvalue weighted by Gasteiger charge is 2.23. The predicted molar refractivity (Wildman–Crippen MR) is 59.8 cm³/mol. The maximum absolute atomic E-state index is 2.46. The van der Waals surface area contributed by atoms with Crippen molar-refractivity contribution >= 4 is 0 Å². The summed E-state index contributed by atoms with van der Waals surface area (Å²) in [6.07, 6.45) is 10.3. The van der Waals surface area contributed by atoms with Gasteiger partial charge in [0.15, 0.2) is 0 Å². The molecule has 2 atom stereocenters. The first-order valence-corrected chi connectivity index (χ1v) is 6.27. The lowest BCUT2D eigenvalue weighted by Crippen LogP contribution is -2.19. The lowest BCUT2D eigenvalue weighted by Gasteiger charge is -2.31. The van der Waals surface area contributed by atoms with Crippen LogP contribution in [0.5, 0.6) is 0 Å². The number of hydrogen-bond donors (Lipinski definition) is 0. The Morgan fingerprint density at radius 3 is 2.23 bits per heavy atom. The van der Waals surface area contributed by atoms with Crippen LogP contribution in [0.4, 0.5) is 0 Å². The Kier molecular flexibility index (Phi) is 4.83. The normalized spacial score (nSPS) is 29.5. The molecule has 0 bridgehead atoms. The summed E-state index contributed by atoms with van der Waals surface area (Å²) in [5.74, 6) is 3.07. The molecule has 2 unspecified atom stereocenters. The van der Waals surface area contributed by atoms with Crippen LogP contribution < -0.4 is 0 Å². The Morgan fingerprint density at radius 2 is 1.69 bits per heavy atom. The molecule has 78 valence electrons. The molecular formula is C13H26. The molecule has 0 heterocycles. The number of rotatable bonds is 4. The zero-order valence-electron chi connectivity index (χ0n) is 9.68. The van der Waals surface area contributed by atoms with Crippen molar-refractivity contribution in [2.75, 3.05) is 0 Å². The van der Waals surface area contributed by atoms with Gasteiger partial charge in [0.2, 0.25) is 0 Å². The SMILES string of the molecule is CCC(CC)CC1CCCCC1C. The van der Waals surface area contributed by atoms with Crippen molar-refractivity contribution in [1.82, 2.24) is 0 Å². The van der Waals surface area contributed by atoms with Crippen LogP contribution in [0.25, 0.3) is 0 Å². The van der Waals surface area contributed by atoms with Gasteiger partial charge in [-0.2, -0.15) is 0 Å². The summed E-state index contributed by atoms with van der Waals surface area (Å²) in [4.78, 5) is 0. The van der Waals surface area contributed by atoms with Gasteiger partial charge in [-0.05, 0) is 24.2 Å². The summed E-state index contributed by atoms with van der Waals surface area (Å²) >= 11 is 0. The van der Waals surface area contributed by atoms with Gasteiger partial charge in [0.05, 0.1) is 0 Å². The van der Waals surface area contributed by atoms with E-state index in [9.17, 15) is 0 Å². The predicted octanol–water partition coefficient (Wildman–Crippen LogP) is 4.64. The Balaban J connectivity index is 2.32. The third-order valence-electron chi connectivity index (χ3n) is 4.08. The lowest BCUT2D eigenvalue weighted by molar-refractivity contribution is 0.206. The first kappa shape index (κ1) is 11.1. The van der Waals surface area contributed by atoms with Gasteiger partial charge >= 0.3 is 0 Å². The fraction of sp³-hybridized carbons (Fsp3) is 1.00. The molecule has 0 aliphatic heterocycles. The second-order valence-corrected chi connectivity index (χ2v) is 4.94. The van der Waals surface area contributed by atoms with Gasteiger partial charge in [0.1, 0.15) is 0 Å². The van der Waals surface area contributed by atoms with Crippen LogP contribution in [0.2, 0.25) is 0 Å². The van der Waals surface area contributed by atoms with Gasteiger partial charge < -0.3 is 0 Å². The van der Waals surface area contributed by atoms with Gasteiger partial charge in [-0.25, -0.2) is 0 Å². The molecule has 1 rings (SSSR count). The van der Waals surface area contributed by atoms with E-state index in [-0.39, 0.29) is 0 Å². The first-order chi connectivity index (χ1) is 6.27. The average molecular weight is 182 g/mol. The highest BCUT2D eigenvalue weighted by atomic mass is 14.3. The van der Waals surface area contributed by atoms with Crippen molar-refractivity contribution in [3.8, 4) is 0 Å². The molecule has 0 saturated heterocycles. The van der Waals surface area contributed by atoms with Crippen LogP contribution in [0.15, 0.2) is 0 Å². The molecule has 0 amide bonds. The van der Waals surface area contributed by atoms with E-state index in [4.69, 9.17) is 0 Å². The smallest absolute Gasteiger partial charge is 0.0386 e. The molecule has 0 spiro atoms. The summed E-state index contributed by atoms with van der Waals surface area (Å²) in [6.45, 7) is 7.16. The van der Waals surface area contributed by atoms with E-state index in [0.717, 1.165) is 17.8 Å². The Morgan fingerprint density at radius 1 is 1.08 bits per heavy atom. The summed E-state index contributed by atoms with van der Waals surface area (Å²) in [6, 6.07) is 0. The monoisotopic (exact) mass is 182 g/mol. The van der Waals surface area contributed by atoms with Gasteiger partial charge in [0, 0.05) is 0 Å². The Hall–Kier alpha value is 0. The summed E-state index contributed by atoms with van der Waals surface area (Å²) in [7, 11) is 0. The zero-order chi connectivity index (χ0) is 9.68. The minimum absolute atomic E-state index is 1.01. The molecule has 0 N–H and O–H groups in total. The van der Waals surface area contributed by atoms with E-state index in [1.807, 2.05) is 0 Å². The van der Waals surface area contributed by atoms with Crippen molar-refractivity contribution in [2.24, 2.45) is 17.8 Å². The molecule has 0 heteroatoms. The Labute approximate surface area is 84.1 Å². The highest BCUT2D eigenvalue weighted by Crippen LogP contribution is 2.35.